The average molecular weight is 357 g/mol. The number of methoxy groups -OCH3 is 2. The van der Waals surface area contributed by atoms with Crippen LogP contribution in [0.15, 0.2) is 23.2 Å². The number of nitrogens with one attached hydrogen (secondary N) is 2. The summed E-state index contributed by atoms with van der Waals surface area (Å²) < 4.78 is 10.4. The zero-order chi connectivity index (χ0) is 17.8. The van der Waals surface area contributed by atoms with Crippen LogP contribution in [0.25, 0.3) is 0 Å². The van der Waals surface area contributed by atoms with Crippen LogP contribution in [-0.2, 0) is 11.3 Å². The predicted molar refractivity (Wildman–Crippen MR) is 100 cm³/mol. The Morgan fingerprint density at radius 3 is 2.71 bits per heavy atom. The second-order valence-electron chi connectivity index (χ2n) is 5.46. The summed E-state index contributed by atoms with van der Waals surface area (Å²) in [7, 11) is 7.23. The SMILES string of the molecule is CN=C(NCCN(C)CCCOC)NCc1ccc(Cl)cc1OC. The van der Waals surface area contributed by atoms with E-state index in [1.807, 2.05) is 18.2 Å². The highest BCUT2D eigenvalue weighted by molar-refractivity contribution is 6.30. The molecular weight excluding hydrogens is 328 g/mol. The highest BCUT2D eigenvalue weighted by Gasteiger charge is 2.05. The summed E-state index contributed by atoms with van der Waals surface area (Å²) in [5, 5.41) is 7.25. The Labute approximate surface area is 150 Å². The summed E-state index contributed by atoms with van der Waals surface area (Å²) >= 11 is 5.98. The molecule has 0 unspecified atom stereocenters. The number of hydrogen-bond donors (Lipinski definition) is 2. The molecule has 1 aromatic rings. The molecule has 0 bridgehead atoms. The number of hydrogen-bond acceptors (Lipinski definition) is 4. The summed E-state index contributed by atoms with van der Waals surface area (Å²) in [6.07, 6.45) is 1.04. The maximum atomic E-state index is 5.98. The molecule has 0 radical (unpaired) electrons. The van der Waals surface area contributed by atoms with Crippen molar-refractivity contribution >= 4 is 17.6 Å². The van der Waals surface area contributed by atoms with Gasteiger partial charge in [0.1, 0.15) is 5.75 Å². The number of ether oxygens (including phenoxy) is 2. The average Bonchev–Trinajstić information content (AvgIpc) is 2.58. The van der Waals surface area contributed by atoms with Crippen LogP contribution in [0.4, 0.5) is 0 Å². The first-order valence-corrected chi connectivity index (χ1v) is 8.43. The van der Waals surface area contributed by atoms with Crippen molar-refractivity contribution in [3.05, 3.63) is 28.8 Å². The van der Waals surface area contributed by atoms with Gasteiger partial charge in [-0.1, -0.05) is 17.7 Å². The van der Waals surface area contributed by atoms with E-state index < -0.39 is 0 Å². The highest BCUT2D eigenvalue weighted by Crippen LogP contribution is 2.22. The summed E-state index contributed by atoms with van der Waals surface area (Å²) in [6.45, 7) is 4.19. The van der Waals surface area contributed by atoms with Crippen molar-refractivity contribution in [2.45, 2.75) is 13.0 Å². The lowest BCUT2D eigenvalue weighted by molar-refractivity contribution is 0.180. The van der Waals surface area contributed by atoms with Gasteiger partial charge in [0.05, 0.1) is 7.11 Å². The third kappa shape index (κ3) is 7.86. The Morgan fingerprint density at radius 2 is 2.04 bits per heavy atom. The molecule has 1 aromatic carbocycles. The fraction of sp³-hybridized carbons (Fsp3) is 0.588. The van der Waals surface area contributed by atoms with Crippen LogP contribution >= 0.6 is 11.6 Å². The number of halogens is 1. The molecule has 0 amide bonds. The summed E-state index contributed by atoms with van der Waals surface area (Å²) in [5.74, 6) is 1.53. The Kier molecular flexibility index (Phi) is 10.2. The minimum Gasteiger partial charge on any atom is -0.496 e. The fourth-order valence-corrected chi connectivity index (χ4v) is 2.38. The number of rotatable bonds is 10. The summed E-state index contributed by atoms with van der Waals surface area (Å²) in [6, 6.07) is 5.61. The molecule has 0 heterocycles. The molecule has 0 aliphatic heterocycles. The zero-order valence-corrected chi connectivity index (χ0v) is 15.8. The summed E-state index contributed by atoms with van der Waals surface area (Å²) in [4.78, 5) is 6.50. The number of nitrogens with zero attached hydrogens (tertiary/aromatic N) is 2. The second kappa shape index (κ2) is 11.9. The molecule has 0 fully saturated rings. The summed E-state index contributed by atoms with van der Waals surface area (Å²) in [5.41, 5.74) is 1.03. The molecule has 1 rings (SSSR count). The Bertz CT molecular complexity index is 511. The van der Waals surface area contributed by atoms with E-state index in [2.05, 4.69) is 27.6 Å². The molecule has 0 aliphatic carbocycles. The van der Waals surface area contributed by atoms with Crippen molar-refractivity contribution in [3.8, 4) is 5.75 Å². The molecular formula is C17H29ClN4O2. The van der Waals surface area contributed by atoms with E-state index in [1.165, 1.54) is 0 Å². The fourth-order valence-electron chi connectivity index (χ4n) is 2.22. The van der Waals surface area contributed by atoms with E-state index in [0.717, 1.165) is 49.9 Å². The topological polar surface area (TPSA) is 58.1 Å². The van der Waals surface area contributed by atoms with Crippen molar-refractivity contribution in [2.24, 2.45) is 4.99 Å². The largest absolute Gasteiger partial charge is 0.496 e. The van der Waals surface area contributed by atoms with Crippen molar-refractivity contribution < 1.29 is 9.47 Å². The van der Waals surface area contributed by atoms with Crippen LogP contribution < -0.4 is 15.4 Å². The van der Waals surface area contributed by atoms with Gasteiger partial charge in [0.2, 0.25) is 0 Å². The maximum absolute atomic E-state index is 5.98. The smallest absolute Gasteiger partial charge is 0.191 e. The number of aliphatic imine (C=N–C) groups is 1. The van der Waals surface area contributed by atoms with Gasteiger partial charge in [-0.25, -0.2) is 0 Å². The number of guanidine groups is 1. The normalized spacial score (nSPS) is 11.7. The van der Waals surface area contributed by atoms with Crippen molar-refractivity contribution in [3.63, 3.8) is 0 Å². The lowest BCUT2D eigenvalue weighted by Crippen LogP contribution is -2.40. The molecule has 0 spiro atoms. The van der Waals surface area contributed by atoms with Gasteiger partial charge in [0.15, 0.2) is 5.96 Å². The van der Waals surface area contributed by atoms with E-state index in [4.69, 9.17) is 21.1 Å². The Hall–Kier alpha value is -1.50. The van der Waals surface area contributed by atoms with Crippen LogP contribution in [-0.4, -0.2) is 65.4 Å². The molecule has 2 N–H and O–H groups in total. The molecule has 24 heavy (non-hydrogen) atoms. The molecule has 0 saturated heterocycles. The Morgan fingerprint density at radius 1 is 1.25 bits per heavy atom. The van der Waals surface area contributed by atoms with E-state index in [1.54, 1.807) is 21.3 Å². The standard InChI is InChI=1S/C17H29ClN4O2/c1-19-17(20-8-10-22(2)9-5-11-23-3)21-13-14-6-7-15(18)12-16(14)24-4/h6-7,12H,5,8-11,13H2,1-4H3,(H2,19,20,21). The van der Waals surface area contributed by atoms with Gasteiger partial charge in [-0.05, 0) is 25.6 Å². The van der Waals surface area contributed by atoms with Gasteiger partial charge in [-0.2, -0.15) is 0 Å². The zero-order valence-electron chi connectivity index (χ0n) is 15.1. The van der Waals surface area contributed by atoms with Crippen LogP contribution in [0.2, 0.25) is 5.02 Å². The second-order valence-corrected chi connectivity index (χ2v) is 5.89. The first kappa shape index (κ1) is 20.5. The third-order valence-electron chi connectivity index (χ3n) is 3.59. The van der Waals surface area contributed by atoms with Crippen LogP contribution in [0.5, 0.6) is 5.75 Å². The third-order valence-corrected chi connectivity index (χ3v) is 3.83. The van der Waals surface area contributed by atoms with Crippen LogP contribution in [0.3, 0.4) is 0 Å². The monoisotopic (exact) mass is 356 g/mol. The van der Waals surface area contributed by atoms with E-state index >= 15 is 0 Å². The van der Waals surface area contributed by atoms with Gasteiger partial charge in [0.25, 0.3) is 0 Å². The molecule has 136 valence electrons. The molecule has 0 aliphatic rings. The first-order valence-electron chi connectivity index (χ1n) is 8.05. The van der Waals surface area contributed by atoms with Gasteiger partial charge in [-0.15, -0.1) is 0 Å². The predicted octanol–water partition coefficient (Wildman–Crippen LogP) is 1.98. The van der Waals surface area contributed by atoms with Crippen LogP contribution in [0.1, 0.15) is 12.0 Å². The quantitative estimate of drug-likeness (QED) is 0.381. The van der Waals surface area contributed by atoms with E-state index in [9.17, 15) is 0 Å². The van der Waals surface area contributed by atoms with Gasteiger partial charge >= 0.3 is 0 Å². The highest BCUT2D eigenvalue weighted by atomic mass is 35.5. The lowest BCUT2D eigenvalue weighted by Gasteiger charge is -2.18. The Balaban J connectivity index is 2.35. The minimum atomic E-state index is 0.615. The number of likely N-dealkylation sites (N-methyl/N-ethyl adjacent to an activating group) is 1. The van der Waals surface area contributed by atoms with E-state index in [-0.39, 0.29) is 0 Å². The number of benzene rings is 1. The van der Waals surface area contributed by atoms with Crippen molar-refractivity contribution in [2.75, 3.05) is 54.6 Å². The van der Waals surface area contributed by atoms with Crippen molar-refractivity contribution in [1.82, 2.24) is 15.5 Å². The molecule has 0 saturated carbocycles. The minimum absolute atomic E-state index is 0.615. The molecule has 7 heteroatoms. The maximum Gasteiger partial charge on any atom is 0.191 e. The van der Waals surface area contributed by atoms with Gasteiger partial charge in [-0.3, -0.25) is 4.99 Å². The van der Waals surface area contributed by atoms with Crippen LogP contribution in [0, 0.1) is 0 Å². The van der Waals surface area contributed by atoms with Gasteiger partial charge < -0.3 is 25.0 Å². The molecule has 6 nitrogen and oxygen atoms in total. The van der Waals surface area contributed by atoms with Crippen molar-refractivity contribution in [1.29, 1.82) is 0 Å². The lowest BCUT2D eigenvalue weighted by atomic mass is 10.2. The first-order chi connectivity index (χ1) is 11.6. The van der Waals surface area contributed by atoms with E-state index in [0.29, 0.717) is 11.6 Å². The van der Waals surface area contributed by atoms with Gasteiger partial charge in [0, 0.05) is 57.5 Å². The molecule has 0 atom stereocenters. The molecule has 0 aromatic heterocycles.